The van der Waals surface area contributed by atoms with Gasteiger partial charge in [0.25, 0.3) is 0 Å². The zero-order valence-corrected chi connectivity index (χ0v) is 16.4. The number of rotatable bonds is 12. The highest BCUT2D eigenvalue weighted by Crippen LogP contribution is 2.25. The van der Waals surface area contributed by atoms with E-state index < -0.39 is 17.8 Å². The number of ether oxygens (including phenoxy) is 2. The Balaban J connectivity index is 2.10. The lowest BCUT2D eigenvalue weighted by molar-refractivity contribution is -0.147. The molecule has 0 saturated heterocycles. The topological polar surface area (TPSA) is 52.6 Å². The smallest absolute Gasteiger partial charge is 0.311 e. The average Bonchev–Trinajstić information content (AvgIpc) is 2.58. The number of hydrogen-bond donors (Lipinski definition) is 0. The number of benzene rings is 1. The Labute approximate surface area is 161 Å². The molecule has 0 aliphatic rings. The molecule has 0 spiro atoms. The van der Waals surface area contributed by atoms with Gasteiger partial charge < -0.3 is 9.47 Å². The van der Waals surface area contributed by atoms with Crippen LogP contribution in [0.1, 0.15) is 51.4 Å². The molecule has 0 radical (unpaired) electrons. The van der Waals surface area contributed by atoms with Gasteiger partial charge in [0.15, 0.2) is 0 Å². The van der Waals surface area contributed by atoms with Crippen molar-refractivity contribution in [3.05, 3.63) is 28.5 Å². The van der Waals surface area contributed by atoms with Crippen LogP contribution in [-0.2, 0) is 14.3 Å². The van der Waals surface area contributed by atoms with E-state index in [-0.39, 0.29) is 18.6 Å². The molecule has 0 saturated carbocycles. The van der Waals surface area contributed by atoms with Crippen molar-refractivity contribution in [3.8, 4) is 5.75 Å². The van der Waals surface area contributed by atoms with Crippen molar-refractivity contribution >= 4 is 39.5 Å². The van der Waals surface area contributed by atoms with Gasteiger partial charge in [-0.05, 0) is 47.0 Å². The molecule has 25 heavy (non-hydrogen) atoms. The third kappa shape index (κ3) is 10.4. The van der Waals surface area contributed by atoms with Gasteiger partial charge in [-0.1, -0.05) is 25.7 Å². The minimum atomic E-state index is -0.566. The molecule has 1 aromatic carbocycles. The van der Waals surface area contributed by atoms with Gasteiger partial charge in [0.1, 0.15) is 11.6 Å². The number of esters is 2. The molecule has 0 heterocycles. The van der Waals surface area contributed by atoms with Crippen molar-refractivity contribution < 1.29 is 23.5 Å². The Hall–Kier alpha value is -1.14. The largest absolute Gasteiger partial charge is 0.466 e. The molecule has 0 aromatic heterocycles. The quantitative estimate of drug-likeness (QED) is 0.190. The monoisotopic (exact) mass is 436 g/mol. The van der Waals surface area contributed by atoms with Crippen LogP contribution in [0.3, 0.4) is 0 Å². The van der Waals surface area contributed by atoms with Crippen molar-refractivity contribution in [2.24, 2.45) is 0 Å². The summed E-state index contributed by atoms with van der Waals surface area (Å²) in [4.78, 5) is 23.3. The minimum Gasteiger partial charge on any atom is -0.466 e. The maximum atomic E-state index is 13.0. The van der Waals surface area contributed by atoms with E-state index >= 15 is 0 Å². The molecule has 1 rings (SSSR count). The van der Waals surface area contributed by atoms with Gasteiger partial charge in [-0.15, -0.1) is 11.6 Å². The van der Waals surface area contributed by atoms with E-state index in [2.05, 4.69) is 15.9 Å². The molecule has 1 aromatic rings. The normalized spacial score (nSPS) is 10.5. The first-order chi connectivity index (χ1) is 12.0. The number of halogens is 3. The highest BCUT2D eigenvalue weighted by Gasteiger charge is 2.12. The van der Waals surface area contributed by atoms with Gasteiger partial charge in [0.05, 0.1) is 23.9 Å². The number of alkyl halides is 1. The van der Waals surface area contributed by atoms with Gasteiger partial charge in [-0.3, -0.25) is 9.59 Å². The summed E-state index contributed by atoms with van der Waals surface area (Å²) < 4.78 is 23.4. The first-order valence-electron chi connectivity index (χ1n) is 8.40. The second-order valence-corrected chi connectivity index (χ2v) is 6.81. The summed E-state index contributed by atoms with van der Waals surface area (Å²) in [6.45, 7) is 0.368. The van der Waals surface area contributed by atoms with Crippen LogP contribution < -0.4 is 4.74 Å². The molecule has 0 atom stereocenters. The average molecular weight is 438 g/mol. The van der Waals surface area contributed by atoms with Gasteiger partial charge in [0.2, 0.25) is 0 Å². The van der Waals surface area contributed by atoms with Crippen molar-refractivity contribution in [2.75, 3.05) is 12.5 Å². The van der Waals surface area contributed by atoms with Crippen molar-refractivity contribution in [1.29, 1.82) is 0 Å². The molecule has 0 fully saturated rings. The second-order valence-electron chi connectivity index (χ2n) is 5.58. The van der Waals surface area contributed by atoms with Crippen LogP contribution in [0.4, 0.5) is 4.39 Å². The van der Waals surface area contributed by atoms with Gasteiger partial charge in [-0.2, -0.15) is 0 Å². The van der Waals surface area contributed by atoms with Crippen LogP contribution in [0, 0.1) is 5.82 Å². The van der Waals surface area contributed by atoms with Crippen molar-refractivity contribution in [1.82, 2.24) is 0 Å². The van der Waals surface area contributed by atoms with Crippen molar-refractivity contribution in [3.63, 3.8) is 0 Å². The Bertz CT molecular complexity index is 554. The molecule has 7 heteroatoms. The van der Waals surface area contributed by atoms with Crippen LogP contribution >= 0.6 is 27.5 Å². The summed E-state index contributed by atoms with van der Waals surface area (Å²) in [6, 6.07) is 3.74. The highest BCUT2D eigenvalue weighted by molar-refractivity contribution is 9.10. The molecule has 0 aliphatic heterocycles. The molecule has 0 bridgehead atoms. The lowest BCUT2D eigenvalue weighted by Crippen LogP contribution is -2.13. The number of hydrogen-bond acceptors (Lipinski definition) is 4. The maximum Gasteiger partial charge on any atom is 0.311 e. The fraction of sp³-hybridized carbons (Fsp3) is 0.556. The summed E-state index contributed by atoms with van der Waals surface area (Å²) in [6.07, 6.45) is 6.14. The Morgan fingerprint density at radius 1 is 1.00 bits per heavy atom. The number of carbonyl (C=O) groups excluding carboxylic acids is 2. The molecular weight excluding hydrogens is 415 g/mol. The van der Waals surface area contributed by atoms with E-state index in [0.29, 0.717) is 17.0 Å². The third-order valence-electron chi connectivity index (χ3n) is 3.44. The fourth-order valence-electron chi connectivity index (χ4n) is 2.10. The zero-order valence-electron chi connectivity index (χ0n) is 14.1. The van der Waals surface area contributed by atoms with E-state index in [4.69, 9.17) is 21.1 Å². The van der Waals surface area contributed by atoms with E-state index in [1.165, 1.54) is 18.2 Å². The Morgan fingerprint density at radius 3 is 2.32 bits per heavy atom. The number of carbonyl (C=O) groups is 2. The first kappa shape index (κ1) is 21.9. The standard InChI is InChI=1S/C18H23BrClFO4/c19-15-13-14(21)7-8-16(15)25-18(23)10-9-17(22)24-12-6-4-2-1-3-5-11-20/h7-8,13H,1-6,9-12H2. The molecular formula is C18H23BrClFO4. The lowest BCUT2D eigenvalue weighted by atomic mass is 10.1. The van der Waals surface area contributed by atoms with Crippen LogP contribution in [0.5, 0.6) is 5.75 Å². The van der Waals surface area contributed by atoms with Crippen LogP contribution in [-0.4, -0.2) is 24.4 Å². The summed E-state index contributed by atoms with van der Waals surface area (Å²) in [5.41, 5.74) is 0. The van der Waals surface area contributed by atoms with Crippen LogP contribution in [0.15, 0.2) is 22.7 Å². The second kappa shape index (κ2) is 13.1. The molecule has 0 amide bonds. The van der Waals surface area contributed by atoms with Gasteiger partial charge >= 0.3 is 11.9 Å². The predicted octanol–water partition coefficient (Wildman–Crippen LogP) is 5.40. The van der Waals surface area contributed by atoms with E-state index in [0.717, 1.165) is 38.5 Å². The summed E-state index contributed by atoms with van der Waals surface area (Å²) >= 11 is 8.71. The summed E-state index contributed by atoms with van der Waals surface area (Å²) in [5.74, 6) is -0.498. The van der Waals surface area contributed by atoms with Crippen LogP contribution in [0.25, 0.3) is 0 Å². The first-order valence-corrected chi connectivity index (χ1v) is 9.73. The third-order valence-corrected chi connectivity index (χ3v) is 4.33. The van der Waals surface area contributed by atoms with E-state index in [9.17, 15) is 14.0 Å². The van der Waals surface area contributed by atoms with Gasteiger partial charge in [0, 0.05) is 5.88 Å². The zero-order chi connectivity index (χ0) is 18.5. The summed E-state index contributed by atoms with van der Waals surface area (Å²) in [5, 5.41) is 0. The lowest BCUT2D eigenvalue weighted by Gasteiger charge is -2.07. The molecule has 0 N–H and O–H groups in total. The fourth-order valence-corrected chi connectivity index (χ4v) is 2.72. The Kier molecular flexibility index (Phi) is 11.5. The highest BCUT2D eigenvalue weighted by atomic mass is 79.9. The maximum absolute atomic E-state index is 13.0. The summed E-state index contributed by atoms with van der Waals surface area (Å²) in [7, 11) is 0. The van der Waals surface area contributed by atoms with E-state index in [1.54, 1.807) is 0 Å². The minimum absolute atomic E-state index is 0.0344. The molecule has 4 nitrogen and oxygen atoms in total. The molecule has 140 valence electrons. The SMILES string of the molecule is O=C(CCC(=O)Oc1ccc(F)cc1Br)OCCCCCCCCCl. The van der Waals surface area contributed by atoms with E-state index in [1.807, 2.05) is 0 Å². The van der Waals surface area contributed by atoms with Gasteiger partial charge in [-0.25, -0.2) is 4.39 Å². The molecule has 0 unspecified atom stereocenters. The van der Waals surface area contributed by atoms with Crippen molar-refractivity contribution in [2.45, 2.75) is 51.4 Å². The predicted molar refractivity (Wildman–Crippen MR) is 98.4 cm³/mol. The van der Waals surface area contributed by atoms with Crippen LogP contribution in [0.2, 0.25) is 0 Å². The Morgan fingerprint density at radius 2 is 1.64 bits per heavy atom. The molecule has 0 aliphatic carbocycles. The number of unbranched alkanes of at least 4 members (excludes halogenated alkanes) is 5.